The predicted molar refractivity (Wildman–Crippen MR) is 77.1 cm³/mol. The second-order valence-corrected chi connectivity index (χ2v) is 5.49. The number of nitrogens with one attached hydrogen (secondary N) is 1. The van der Waals surface area contributed by atoms with E-state index in [1.165, 1.54) is 49.7 Å². The summed E-state index contributed by atoms with van der Waals surface area (Å²) in [6, 6.07) is 9.28. The minimum Gasteiger partial charge on any atom is -0.271 e. The minimum absolute atomic E-state index is 0.328. The second-order valence-electron chi connectivity index (χ2n) is 5.49. The molecule has 0 bridgehead atoms. The van der Waals surface area contributed by atoms with Gasteiger partial charge in [-0.1, -0.05) is 56.9 Å². The number of hydrogen-bond acceptors (Lipinski definition) is 2. The Kier molecular flexibility index (Phi) is 5.21. The van der Waals surface area contributed by atoms with Crippen LogP contribution in [-0.2, 0) is 6.42 Å². The molecule has 0 amide bonds. The molecule has 2 heteroatoms. The third-order valence-electron chi connectivity index (χ3n) is 4.30. The van der Waals surface area contributed by atoms with Gasteiger partial charge in [0.15, 0.2) is 0 Å². The molecule has 18 heavy (non-hydrogen) atoms. The van der Waals surface area contributed by atoms with E-state index in [9.17, 15) is 0 Å². The summed E-state index contributed by atoms with van der Waals surface area (Å²) in [5.74, 6) is 6.51. The monoisotopic (exact) mass is 246 g/mol. The van der Waals surface area contributed by atoms with Crippen LogP contribution in [-0.4, -0.2) is 0 Å². The van der Waals surface area contributed by atoms with E-state index >= 15 is 0 Å². The van der Waals surface area contributed by atoms with Gasteiger partial charge in [-0.3, -0.25) is 11.3 Å². The summed E-state index contributed by atoms with van der Waals surface area (Å²) in [5.41, 5.74) is 5.80. The summed E-state index contributed by atoms with van der Waals surface area (Å²) in [4.78, 5) is 0. The topological polar surface area (TPSA) is 38.0 Å². The molecule has 3 N–H and O–H groups in total. The predicted octanol–water partition coefficient (Wildman–Crippen LogP) is 3.72. The lowest BCUT2D eigenvalue weighted by Gasteiger charge is -2.26. The summed E-state index contributed by atoms with van der Waals surface area (Å²) in [7, 11) is 0. The van der Waals surface area contributed by atoms with Gasteiger partial charge in [-0.25, -0.2) is 0 Å². The molecule has 0 radical (unpaired) electrons. The molecule has 2 nitrogen and oxygen atoms in total. The quantitative estimate of drug-likeness (QED) is 0.483. The lowest BCUT2D eigenvalue weighted by atomic mass is 9.87. The highest BCUT2D eigenvalue weighted by Gasteiger charge is 2.22. The van der Waals surface area contributed by atoms with Crippen LogP contribution in [0.4, 0.5) is 0 Å². The average Bonchev–Trinajstić information content (AvgIpc) is 2.70. The molecule has 2 rings (SSSR count). The van der Waals surface area contributed by atoms with Crippen molar-refractivity contribution in [3.63, 3.8) is 0 Å². The Bertz CT molecular complexity index is 337. The molecule has 1 saturated carbocycles. The van der Waals surface area contributed by atoms with Crippen molar-refractivity contribution in [3.8, 4) is 0 Å². The molecule has 0 saturated heterocycles. The van der Waals surface area contributed by atoms with Crippen LogP contribution in [0.2, 0.25) is 0 Å². The minimum atomic E-state index is 0.328. The number of rotatable bonds is 4. The zero-order valence-corrected chi connectivity index (χ0v) is 11.5. The molecule has 100 valence electrons. The van der Waals surface area contributed by atoms with Crippen LogP contribution < -0.4 is 11.3 Å². The first-order chi connectivity index (χ1) is 8.85. The maximum Gasteiger partial charge on any atom is 0.0488 e. The zero-order chi connectivity index (χ0) is 12.8. The number of hydrazine groups is 1. The van der Waals surface area contributed by atoms with Crippen LogP contribution in [0.5, 0.6) is 0 Å². The van der Waals surface area contributed by atoms with E-state index in [-0.39, 0.29) is 0 Å². The highest BCUT2D eigenvalue weighted by molar-refractivity contribution is 5.25. The smallest absolute Gasteiger partial charge is 0.0488 e. The standard InChI is InChI=1S/C16H26N2/c1-2-13-9-11-15(12-10-13)16(18-17)14-7-5-3-4-6-8-14/h9-12,14,16,18H,2-8,17H2,1H3. The van der Waals surface area contributed by atoms with Gasteiger partial charge in [0.25, 0.3) is 0 Å². The lowest BCUT2D eigenvalue weighted by Crippen LogP contribution is -2.33. The fraction of sp³-hybridized carbons (Fsp3) is 0.625. The van der Waals surface area contributed by atoms with Gasteiger partial charge in [0, 0.05) is 6.04 Å². The summed E-state index contributed by atoms with van der Waals surface area (Å²) in [6.07, 6.45) is 9.22. The zero-order valence-electron chi connectivity index (χ0n) is 11.5. The van der Waals surface area contributed by atoms with Crippen molar-refractivity contribution < 1.29 is 0 Å². The number of nitrogens with two attached hydrogens (primary N) is 1. The third kappa shape index (κ3) is 3.33. The van der Waals surface area contributed by atoms with Gasteiger partial charge in [-0.15, -0.1) is 0 Å². The molecular weight excluding hydrogens is 220 g/mol. The van der Waals surface area contributed by atoms with Crippen molar-refractivity contribution in [1.82, 2.24) is 5.43 Å². The summed E-state index contributed by atoms with van der Waals surface area (Å²) in [5, 5.41) is 0. The molecule has 1 aromatic carbocycles. The van der Waals surface area contributed by atoms with E-state index in [0.29, 0.717) is 12.0 Å². The van der Waals surface area contributed by atoms with Gasteiger partial charge in [0.1, 0.15) is 0 Å². The first-order valence-electron chi connectivity index (χ1n) is 7.40. The highest BCUT2D eigenvalue weighted by atomic mass is 15.2. The van der Waals surface area contributed by atoms with E-state index in [4.69, 9.17) is 5.84 Å². The number of aryl methyl sites for hydroxylation is 1. The van der Waals surface area contributed by atoms with Crippen LogP contribution >= 0.6 is 0 Å². The molecule has 1 aliphatic carbocycles. The molecule has 0 aromatic heterocycles. The van der Waals surface area contributed by atoms with Gasteiger partial charge >= 0.3 is 0 Å². The molecule has 0 heterocycles. The van der Waals surface area contributed by atoms with Crippen LogP contribution in [0, 0.1) is 5.92 Å². The van der Waals surface area contributed by atoms with Crippen LogP contribution in [0.25, 0.3) is 0 Å². The molecule has 0 spiro atoms. The Balaban J connectivity index is 2.10. The van der Waals surface area contributed by atoms with E-state index in [0.717, 1.165) is 6.42 Å². The first kappa shape index (κ1) is 13.6. The largest absolute Gasteiger partial charge is 0.271 e. The highest BCUT2D eigenvalue weighted by Crippen LogP contribution is 2.33. The molecule has 1 fully saturated rings. The number of benzene rings is 1. The normalized spacial score (nSPS) is 19.4. The van der Waals surface area contributed by atoms with Gasteiger partial charge in [-0.2, -0.15) is 0 Å². The maximum atomic E-state index is 5.81. The van der Waals surface area contributed by atoms with Gasteiger partial charge in [-0.05, 0) is 36.3 Å². The maximum absolute atomic E-state index is 5.81. The summed E-state index contributed by atoms with van der Waals surface area (Å²) < 4.78 is 0. The fourth-order valence-electron chi connectivity index (χ4n) is 3.11. The lowest BCUT2D eigenvalue weighted by molar-refractivity contribution is 0.329. The Morgan fingerprint density at radius 2 is 1.72 bits per heavy atom. The Labute approximate surface area is 111 Å². The third-order valence-corrected chi connectivity index (χ3v) is 4.30. The first-order valence-corrected chi connectivity index (χ1v) is 7.40. The Morgan fingerprint density at radius 1 is 1.11 bits per heavy atom. The van der Waals surface area contributed by atoms with Crippen molar-refractivity contribution in [2.24, 2.45) is 11.8 Å². The summed E-state index contributed by atoms with van der Waals surface area (Å²) >= 11 is 0. The Hall–Kier alpha value is -0.860. The van der Waals surface area contributed by atoms with Crippen molar-refractivity contribution in [3.05, 3.63) is 35.4 Å². The average molecular weight is 246 g/mol. The van der Waals surface area contributed by atoms with Crippen molar-refractivity contribution in [1.29, 1.82) is 0 Å². The molecule has 1 unspecified atom stereocenters. The molecule has 1 aromatic rings. The molecule has 0 aliphatic heterocycles. The van der Waals surface area contributed by atoms with Gasteiger partial charge in [0.2, 0.25) is 0 Å². The van der Waals surface area contributed by atoms with Crippen LogP contribution in [0.1, 0.15) is 62.6 Å². The van der Waals surface area contributed by atoms with Crippen LogP contribution in [0.15, 0.2) is 24.3 Å². The summed E-state index contributed by atoms with van der Waals surface area (Å²) in [6.45, 7) is 2.19. The van der Waals surface area contributed by atoms with Crippen molar-refractivity contribution in [2.45, 2.75) is 57.9 Å². The van der Waals surface area contributed by atoms with E-state index in [2.05, 4.69) is 36.6 Å². The Morgan fingerprint density at radius 3 is 2.22 bits per heavy atom. The van der Waals surface area contributed by atoms with Gasteiger partial charge < -0.3 is 0 Å². The molecule has 1 aliphatic rings. The van der Waals surface area contributed by atoms with Crippen molar-refractivity contribution in [2.75, 3.05) is 0 Å². The van der Waals surface area contributed by atoms with Crippen LogP contribution in [0.3, 0.4) is 0 Å². The van der Waals surface area contributed by atoms with E-state index in [1.54, 1.807) is 0 Å². The molecular formula is C16H26N2. The van der Waals surface area contributed by atoms with Crippen molar-refractivity contribution >= 4 is 0 Å². The SMILES string of the molecule is CCc1ccc(C(NN)C2CCCCCC2)cc1. The molecule has 1 atom stereocenters. The number of hydrogen-bond donors (Lipinski definition) is 2. The fourth-order valence-corrected chi connectivity index (χ4v) is 3.11. The second kappa shape index (κ2) is 6.91. The van der Waals surface area contributed by atoms with Gasteiger partial charge in [0.05, 0.1) is 0 Å². The van der Waals surface area contributed by atoms with E-state index < -0.39 is 0 Å². The van der Waals surface area contributed by atoms with E-state index in [1.807, 2.05) is 0 Å².